The van der Waals surface area contributed by atoms with Crippen LogP contribution in [0.25, 0.3) is 22.3 Å². The molecule has 0 saturated heterocycles. The number of fused-ring (bicyclic) bond motifs is 13. The number of rotatable bonds is 2. The van der Waals surface area contributed by atoms with E-state index in [2.05, 4.69) is 228 Å². The predicted molar refractivity (Wildman–Crippen MR) is 293 cm³/mol. The highest BCUT2D eigenvalue weighted by Crippen LogP contribution is 2.58. The Kier molecular flexibility index (Phi) is 8.55. The van der Waals surface area contributed by atoms with Gasteiger partial charge in [-0.2, -0.15) is 0 Å². The van der Waals surface area contributed by atoms with Crippen LogP contribution < -0.4 is 41.3 Å². The van der Waals surface area contributed by atoms with Crippen molar-refractivity contribution in [2.45, 2.75) is 85.5 Å². The van der Waals surface area contributed by atoms with Gasteiger partial charge in [-0.05, 0) is 157 Å². The highest BCUT2D eigenvalue weighted by molar-refractivity contribution is 7.00. The summed E-state index contributed by atoms with van der Waals surface area (Å²) in [5.74, 6) is 0. The minimum atomic E-state index is -0.0502. The minimum absolute atomic E-state index is 0.0186. The zero-order chi connectivity index (χ0) is 46.9. The molecular formula is C61H55B2ClN4. The van der Waals surface area contributed by atoms with Gasteiger partial charge < -0.3 is 19.4 Å². The molecular weight excluding hydrogens is 846 g/mol. The van der Waals surface area contributed by atoms with Crippen LogP contribution in [0.1, 0.15) is 84.6 Å². The van der Waals surface area contributed by atoms with Crippen LogP contribution in [0.2, 0.25) is 5.02 Å². The van der Waals surface area contributed by atoms with Crippen molar-refractivity contribution in [2.24, 2.45) is 0 Å². The maximum atomic E-state index is 6.62. The zero-order valence-electron chi connectivity index (χ0n) is 40.8. The quantitative estimate of drug-likeness (QED) is 0.160. The molecule has 0 N–H and O–H groups in total. The SMILES string of the molecule is Cc1cc2c3c(c1)N(c1ccc(C(C)(C)C)cc1)c1cc4c(cc1B3c1ccc(C(C)(C)C)cc1N2c1ccc(Cl)cc1)N1B2c3c(cc(C(C)(C)C)cc3-c3ccccc3N24)-c2ccccc21. The molecule has 7 heteroatoms. The lowest BCUT2D eigenvalue weighted by atomic mass is 9.33. The molecule has 8 aromatic carbocycles. The fourth-order valence-electron chi connectivity index (χ4n) is 12.1. The van der Waals surface area contributed by atoms with Crippen molar-refractivity contribution in [1.29, 1.82) is 0 Å². The van der Waals surface area contributed by atoms with Crippen molar-refractivity contribution >= 4 is 104 Å². The van der Waals surface area contributed by atoms with E-state index in [1.54, 1.807) is 0 Å². The Morgan fingerprint density at radius 1 is 0.382 bits per heavy atom. The van der Waals surface area contributed by atoms with E-state index < -0.39 is 0 Å². The van der Waals surface area contributed by atoms with Crippen LogP contribution in [-0.4, -0.2) is 13.7 Å². The smallest absolute Gasteiger partial charge is 0.359 e. The minimum Gasteiger partial charge on any atom is -0.359 e. The zero-order valence-corrected chi connectivity index (χ0v) is 41.5. The molecule has 0 amide bonds. The van der Waals surface area contributed by atoms with Gasteiger partial charge in [-0.1, -0.05) is 147 Å². The van der Waals surface area contributed by atoms with Gasteiger partial charge in [0.15, 0.2) is 0 Å². The Morgan fingerprint density at radius 3 is 1.41 bits per heavy atom. The second-order valence-corrected chi connectivity index (χ2v) is 23.3. The highest BCUT2D eigenvalue weighted by Gasteiger charge is 2.54. The lowest BCUT2D eigenvalue weighted by molar-refractivity contribution is 0.590. The van der Waals surface area contributed by atoms with Gasteiger partial charge in [0, 0.05) is 61.6 Å². The van der Waals surface area contributed by atoms with E-state index in [0.717, 1.165) is 16.4 Å². The Hall–Kier alpha value is -6.62. The van der Waals surface area contributed by atoms with Crippen molar-refractivity contribution in [3.63, 3.8) is 0 Å². The Bertz CT molecular complexity index is 3450. The maximum Gasteiger partial charge on any atom is 0.422 e. The fraction of sp³-hybridized carbons (Fsp3) is 0.213. The van der Waals surface area contributed by atoms with Gasteiger partial charge in [0.25, 0.3) is 6.71 Å². The van der Waals surface area contributed by atoms with E-state index in [4.69, 9.17) is 11.6 Å². The van der Waals surface area contributed by atoms with Crippen molar-refractivity contribution < 1.29 is 0 Å². The molecule has 332 valence electrons. The van der Waals surface area contributed by atoms with Crippen LogP contribution in [0.3, 0.4) is 0 Å². The average molecular weight is 901 g/mol. The number of benzene rings is 8. The molecule has 0 atom stereocenters. The number of anilines is 10. The van der Waals surface area contributed by atoms with Gasteiger partial charge in [0.05, 0.1) is 11.4 Å². The molecule has 5 aliphatic heterocycles. The highest BCUT2D eigenvalue weighted by atomic mass is 35.5. The summed E-state index contributed by atoms with van der Waals surface area (Å²) in [4.78, 5) is 10.4. The third-order valence-electron chi connectivity index (χ3n) is 15.5. The van der Waals surface area contributed by atoms with Crippen LogP contribution in [0, 0.1) is 6.92 Å². The summed E-state index contributed by atoms with van der Waals surface area (Å²) < 4.78 is 0. The number of hydrogen-bond acceptors (Lipinski definition) is 4. The van der Waals surface area contributed by atoms with Crippen LogP contribution in [0.4, 0.5) is 56.9 Å². The summed E-state index contributed by atoms with van der Waals surface area (Å²) in [5.41, 5.74) is 27.8. The summed E-state index contributed by atoms with van der Waals surface area (Å²) in [6.45, 7) is 23.0. The van der Waals surface area contributed by atoms with Gasteiger partial charge >= 0.3 is 6.98 Å². The third-order valence-corrected chi connectivity index (χ3v) is 15.7. The molecule has 13 rings (SSSR count). The largest absolute Gasteiger partial charge is 0.422 e. The van der Waals surface area contributed by atoms with E-state index in [9.17, 15) is 0 Å². The Morgan fingerprint density at radius 2 is 0.868 bits per heavy atom. The van der Waals surface area contributed by atoms with Crippen molar-refractivity contribution in [3.05, 3.63) is 179 Å². The van der Waals surface area contributed by atoms with Crippen molar-refractivity contribution in [2.75, 3.05) is 19.4 Å². The molecule has 0 saturated carbocycles. The monoisotopic (exact) mass is 900 g/mol. The number of halogens is 1. The fourth-order valence-corrected chi connectivity index (χ4v) is 12.2. The first kappa shape index (κ1) is 41.6. The molecule has 0 aliphatic carbocycles. The maximum absolute atomic E-state index is 6.62. The molecule has 0 aromatic heterocycles. The van der Waals surface area contributed by atoms with Gasteiger partial charge in [0.2, 0.25) is 0 Å². The molecule has 0 spiro atoms. The molecule has 0 unspecified atom stereocenters. The van der Waals surface area contributed by atoms with Crippen LogP contribution >= 0.6 is 11.6 Å². The molecule has 5 heterocycles. The van der Waals surface area contributed by atoms with E-state index >= 15 is 0 Å². The molecule has 4 nitrogen and oxygen atoms in total. The second kappa shape index (κ2) is 14.0. The summed E-state index contributed by atoms with van der Waals surface area (Å²) in [7, 11) is 0. The van der Waals surface area contributed by atoms with Crippen molar-refractivity contribution in [1.82, 2.24) is 0 Å². The first-order valence-electron chi connectivity index (χ1n) is 24.3. The summed E-state index contributed by atoms with van der Waals surface area (Å²) >= 11 is 6.62. The summed E-state index contributed by atoms with van der Waals surface area (Å²) in [5, 5.41) is 0.730. The lowest BCUT2D eigenvalue weighted by Gasteiger charge is -2.45. The van der Waals surface area contributed by atoms with E-state index in [0.29, 0.717) is 0 Å². The van der Waals surface area contributed by atoms with Crippen LogP contribution in [-0.2, 0) is 16.2 Å². The van der Waals surface area contributed by atoms with E-state index in [1.807, 2.05) is 12.1 Å². The van der Waals surface area contributed by atoms with E-state index in [-0.39, 0.29) is 29.9 Å². The van der Waals surface area contributed by atoms with E-state index in [1.165, 1.54) is 112 Å². The standard InChI is InChI=1S/C61H55B2ClN4/c1-36-29-55-58-56(30-36)66(41-24-19-37(20-25-41)59(2,3)4)52-35-54-53(34-48(52)62(58)47-28-21-38(60(5,6)7)33-51(47)65(55)42-26-22-40(64)23-27-42)67-49-17-13-11-15-43(49)45-31-39(61(8,9)10)32-46-44-16-12-14-18-50(44)68(54)63(67)57(45)46/h11-35H,1-10H3. The van der Waals surface area contributed by atoms with Gasteiger partial charge in [-0.15, -0.1) is 0 Å². The first-order valence-corrected chi connectivity index (χ1v) is 24.7. The molecule has 0 radical (unpaired) electrons. The van der Waals surface area contributed by atoms with Crippen molar-refractivity contribution in [3.8, 4) is 22.3 Å². The Labute approximate surface area is 408 Å². The summed E-state index contributed by atoms with van der Waals surface area (Å²) in [6.07, 6.45) is 0. The van der Waals surface area contributed by atoms with Crippen LogP contribution in [0.5, 0.6) is 0 Å². The molecule has 5 aliphatic rings. The lowest BCUT2D eigenvalue weighted by Crippen LogP contribution is -2.61. The Balaban J connectivity index is 1.14. The second-order valence-electron chi connectivity index (χ2n) is 22.9. The van der Waals surface area contributed by atoms with Gasteiger partial charge in [0.1, 0.15) is 0 Å². The first-order chi connectivity index (χ1) is 32.5. The van der Waals surface area contributed by atoms with Gasteiger partial charge in [-0.25, -0.2) is 0 Å². The molecule has 0 bridgehead atoms. The normalized spacial score (nSPS) is 14.8. The van der Waals surface area contributed by atoms with Gasteiger partial charge in [-0.3, -0.25) is 0 Å². The molecule has 0 fully saturated rings. The molecule has 8 aromatic rings. The predicted octanol–water partition coefficient (Wildman–Crippen LogP) is 14.3. The number of nitrogens with zero attached hydrogens (tertiary/aromatic N) is 4. The third kappa shape index (κ3) is 5.83. The molecule has 68 heavy (non-hydrogen) atoms. The number of aryl methyl sites for hydroxylation is 1. The number of hydrogen-bond donors (Lipinski definition) is 0. The summed E-state index contributed by atoms with van der Waals surface area (Å²) in [6, 6.07) is 58.3. The average Bonchev–Trinajstić information content (AvgIpc) is 3.64. The van der Waals surface area contributed by atoms with Crippen LogP contribution in [0.15, 0.2) is 152 Å². The topological polar surface area (TPSA) is 13.0 Å². The number of para-hydroxylation sites is 2.